The van der Waals surface area contributed by atoms with Gasteiger partial charge >= 0.3 is 5.97 Å². The fourth-order valence-electron chi connectivity index (χ4n) is 7.89. The predicted octanol–water partition coefficient (Wildman–Crippen LogP) is 4.18. The molecule has 0 aromatic heterocycles. The molecule has 0 aliphatic carbocycles. The summed E-state index contributed by atoms with van der Waals surface area (Å²) < 4.78 is 12.2. The molecule has 3 aliphatic rings. The first-order valence-corrected chi connectivity index (χ1v) is 17.7. The van der Waals surface area contributed by atoms with Gasteiger partial charge in [-0.2, -0.15) is 0 Å². The zero-order valence-corrected chi connectivity index (χ0v) is 29.2. The van der Waals surface area contributed by atoms with Gasteiger partial charge in [-0.1, -0.05) is 42.5 Å². The fourth-order valence-corrected chi connectivity index (χ4v) is 7.89. The van der Waals surface area contributed by atoms with Crippen LogP contribution in [0.15, 0.2) is 79.9 Å². The lowest BCUT2D eigenvalue weighted by atomic mass is 9.70. The largest absolute Gasteiger partial charge is 0.463 e. The minimum absolute atomic E-state index is 0.0823. The lowest BCUT2D eigenvalue weighted by Gasteiger charge is -2.37. The number of nitrogens with zero attached hydrogens (tertiary/aromatic N) is 3. The van der Waals surface area contributed by atoms with Gasteiger partial charge in [0, 0.05) is 50.6 Å². The van der Waals surface area contributed by atoms with Gasteiger partial charge in [0.2, 0.25) is 11.8 Å². The zero-order valence-electron chi connectivity index (χ0n) is 29.2. The molecule has 2 bridgehead atoms. The SMILES string of the molecule is C=CCCC(=O)OC[C@@H](NC(=O)[C@@H]1[C@@H]2CC[C@]3(O2)[C@H](C(=O)N(CC=C)c2ccc(N(CC)CC)cc2)N(CCCO)C(=O)[C@@H]13)c1ccccc1. The van der Waals surface area contributed by atoms with Gasteiger partial charge in [0.1, 0.15) is 18.2 Å². The second-order valence-electron chi connectivity index (χ2n) is 13.1. The molecule has 2 N–H and O–H groups in total. The van der Waals surface area contributed by atoms with E-state index in [0.29, 0.717) is 24.9 Å². The minimum Gasteiger partial charge on any atom is -0.463 e. The van der Waals surface area contributed by atoms with Crippen molar-refractivity contribution in [1.82, 2.24) is 10.2 Å². The molecule has 5 rings (SSSR count). The highest BCUT2D eigenvalue weighted by atomic mass is 16.5. The summed E-state index contributed by atoms with van der Waals surface area (Å²) >= 11 is 0. The van der Waals surface area contributed by atoms with E-state index < -0.39 is 47.5 Å². The number of aliphatic hydroxyl groups excluding tert-OH is 1. The number of hydrogen-bond donors (Lipinski definition) is 2. The predicted molar refractivity (Wildman–Crippen MR) is 191 cm³/mol. The average molecular weight is 687 g/mol. The van der Waals surface area contributed by atoms with Crippen LogP contribution in [-0.2, 0) is 28.7 Å². The Hall–Kier alpha value is -4.48. The first-order chi connectivity index (χ1) is 24.2. The van der Waals surface area contributed by atoms with Gasteiger partial charge < -0.3 is 34.6 Å². The highest BCUT2D eigenvalue weighted by Crippen LogP contribution is 2.58. The number of carbonyl (C=O) groups is 4. The molecule has 0 unspecified atom stereocenters. The summed E-state index contributed by atoms with van der Waals surface area (Å²) in [6, 6.07) is 15.3. The number of hydrogen-bond acceptors (Lipinski definition) is 8. The maximum Gasteiger partial charge on any atom is 0.306 e. The average Bonchev–Trinajstić information content (AvgIpc) is 3.78. The van der Waals surface area contributed by atoms with Crippen molar-refractivity contribution in [3.8, 4) is 0 Å². The number of allylic oxidation sites excluding steroid dienone is 1. The van der Waals surface area contributed by atoms with Gasteiger partial charge in [-0.3, -0.25) is 19.2 Å². The van der Waals surface area contributed by atoms with Crippen LogP contribution in [0.25, 0.3) is 0 Å². The third kappa shape index (κ3) is 7.20. The molecule has 2 aromatic carbocycles. The Morgan fingerprint density at radius 1 is 1.08 bits per heavy atom. The highest BCUT2D eigenvalue weighted by molar-refractivity contribution is 6.05. The van der Waals surface area contributed by atoms with E-state index in [-0.39, 0.29) is 51.0 Å². The molecule has 50 heavy (non-hydrogen) atoms. The van der Waals surface area contributed by atoms with Crippen LogP contribution in [0.5, 0.6) is 0 Å². The molecule has 11 nitrogen and oxygen atoms in total. The normalized spacial score (nSPS) is 24.0. The summed E-state index contributed by atoms with van der Waals surface area (Å²) in [6.45, 7) is 13.5. The van der Waals surface area contributed by atoms with Gasteiger partial charge in [0.05, 0.1) is 24.0 Å². The maximum atomic E-state index is 14.8. The van der Waals surface area contributed by atoms with Crippen LogP contribution in [0, 0.1) is 11.8 Å². The van der Waals surface area contributed by atoms with Gasteiger partial charge in [0.25, 0.3) is 5.91 Å². The monoisotopic (exact) mass is 686 g/mol. The number of ether oxygens (including phenoxy) is 2. The molecule has 3 heterocycles. The topological polar surface area (TPSA) is 129 Å². The molecule has 3 amide bonds. The van der Waals surface area contributed by atoms with Gasteiger partial charge in [0.15, 0.2) is 0 Å². The first kappa shape index (κ1) is 36.8. The van der Waals surface area contributed by atoms with Crippen LogP contribution < -0.4 is 15.1 Å². The summed E-state index contributed by atoms with van der Waals surface area (Å²) in [5.41, 5.74) is 1.24. The number of nitrogens with one attached hydrogen (secondary N) is 1. The Morgan fingerprint density at radius 2 is 1.78 bits per heavy atom. The Balaban J connectivity index is 1.44. The van der Waals surface area contributed by atoms with Crippen molar-refractivity contribution < 1.29 is 33.8 Å². The molecule has 11 heteroatoms. The number of rotatable bonds is 18. The van der Waals surface area contributed by atoms with E-state index >= 15 is 0 Å². The van der Waals surface area contributed by atoms with Crippen LogP contribution >= 0.6 is 0 Å². The van der Waals surface area contributed by atoms with Crippen molar-refractivity contribution in [2.75, 3.05) is 49.2 Å². The van der Waals surface area contributed by atoms with Crippen LogP contribution in [-0.4, -0.2) is 90.8 Å². The van der Waals surface area contributed by atoms with Crippen molar-refractivity contribution >= 4 is 35.1 Å². The molecule has 3 aliphatic heterocycles. The number of esters is 1. The molecule has 268 valence electrons. The number of anilines is 2. The fraction of sp³-hybridized carbons (Fsp3) is 0.487. The van der Waals surface area contributed by atoms with Crippen molar-refractivity contribution in [2.24, 2.45) is 11.8 Å². The van der Waals surface area contributed by atoms with Crippen molar-refractivity contribution in [3.63, 3.8) is 0 Å². The van der Waals surface area contributed by atoms with E-state index in [1.807, 2.05) is 54.6 Å². The van der Waals surface area contributed by atoms with E-state index in [1.165, 1.54) is 4.90 Å². The van der Waals surface area contributed by atoms with Crippen LogP contribution in [0.4, 0.5) is 11.4 Å². The van der Waals surface area contributed by atoms with Gasteiger partial charge in [-0.05, 0) is 69.4 Å². The summed E-state index contributed by atoms with van der Waals surface area (Å²) in [5, 5.41) is 12.8. The number of likely N-dealkylation sites (tertiary alicyclic amines) is 1. The number of fused-ring (bicyclic) bond motifs is 1. The van der Waals surface area contributed by atoms with Crippen LogP contribution in [0.1, 0.15) is 57.6 Å². The Kier molecular flexibility index (Phi) is 12.1. The van der Waals surface area contributed by atoms with Crippen molar-refractivity contribution in [2.45, 2.75) is 69.7 Å². The van der Waals surface area contributed by atoms with Gasteiger partial charge in [-0.15, -0.1) is 13.2 Å². The van der Waals surface area contributed by atoms with Crippen LogP contribution in [0.2, 0.25) is 0 Å². The number of benzene rings is 2. The minimum atomic E-state index is -1.21. The first-order valence-electron chi connectivity index (χ1n) is 17.7. The standard InChI is InChI=1S/C39H50N4O7/c1-5-9-16-32(45)49-26-30(27-14-11-10-12-15-27)40-36(46)33-31-21-22-39(50-31)34(33)37(47)43(24-13-25-44)35(39)38(48)42(23-6-2)29-19-17-28(18-20-29)41(7-3)8-4/h5-6,10-12,14-15,17-20,30-31,33-35,44H,1-2,7-9,13,16,21-26H2,3-4H3,(H,40,46)/t30-,31+,33-,34-,35+,39-/m1/s1. The Labute approximate surface area is 294 Å². The second kappa shape index (κ2) is 16.5. The molecular formula is C39H50N4O7. The maximum absolute atomic E-state index is 14.8. The molecule has 0 saturated carbocycles. The number of aliphatic hydroxyl groups is 1. The molecule has 3 fully saturated rings. The third-order valence-corrected chi connectivity index (χ3v) is 10.2. The summed E-state index contributed by atoms with van der Waals surface area (Å²) in [4.78, 5) is 61.1. The quantitative estimate of drug-likeness (QED) is 0.177. The number of carbonyl (C=O) groups excluding carboxylic acids is 4. The van der Waals surface area contributed by atoms with E-state index in [2.05, 4.69) is 37.2 Å². The zero-order chi connectivity index (χ0) is 35.8. The second-order valence-corrected chi connectivity index (χ2v) is 13.1. The molecule has 2 aromatic rings. The van der Waals surface area contributed by atoms with Crippen molar-refractivity contribution in [1.29, 1.82) is 0 Å². The lowest BCUT2D eigenvalue weighted by molar-refractivity contribution is -0.146. The molecular weight excluding hydrogens is 636 g/mol. The van der Waals surface area contributed by atoms with Crippen molar-refractivity contribution in [3.05, 3.63) is 85.5 Å². The van der Waals surface area contributed by atoms with E-state index in [9.17, 15) is 24.3 Å². The summed E-state index contributed by atoms with van der Waals surface area (Å²) in [7, 11) is 0. The molecule has 0 radical (unpaired) electrons. The Morgan fingerprint density at radius 3 is 2.42 bits per heavy atom. The lowest BCUT2D eigenvalue weighted by Crippen LogP contribution is -2.56. The molecule has 1 spiro atoms. The molecule has 6 atom stereocenters. The molecule has 3 saturated heterocycles. The van der Waals surface area contributed by atoms with Crippen LogP contribution in [0.3, 0.4) is 0 Å². The van der Waals surface area contributed by atoms with E-state index in [1.54, 1.807) is 17.1 Å². The third-order valence-electron chi connectivity index (χ3n) is 10.2. The van der Waals surface area contributed by atoms with Gasteiger partial charge in [-0.25, -0.2) is 0 Å². The van der Waals surface area contributed by atoms with E-state index in [0.717, 1.165) is 24.3 Å². The number of amides is 3. The highest BCUT2D eigenvalue weighted by Gasteiger charge is 2.74. The smallest absolute Gasteiger partial charge is 0.306 e. The summed E-state index contributed by atoms with van der Waals surface area (Å²) in [6.07, 6.45) is 4.60. The summed E-state index contributed by atoms with van der Waals surface area (Å²) in [5.74, 6) is -3.19. The Bertz CT molecular complexity index is 1530. The van der Waals surface area contributed by atoms with E-state index in [4.69, 9.17) is 9.47 Å².